The number of rotatable bonds is 1. The summed E-state index contributed by atoms with van der Waals surface area (Å²) in [7, 11) is 0. The van der Waals surface area contributed by atoms with Gasteiger partial charge in [0, 0.05) is 15.8 Å². The molecular weight excluding hydrogens is 192 g/mol. The molecule has 4 nitrogen and oxygen atoms in total. The van der Waals surface area contributed by atoms with Crippen LogP contribution >= 0.6 is 0 Å². The van der Waals surface area contributed by atoms with E-state index in [1.165, 1.54) is 0 Å². The molecule has 0 spiro atoms. The molecule has 15 heavy (non-hydrogen) atoms. The van der Waals surface area contributed by atoms with Gasteiger partial charge in [-0.05, 0) is 46.0 Å². The lowest BCUT2D eigenvalue weighted by Gasteiger charge is -2.32. The Kier molecular flexibility index (Phi) is 3.05. The molecule has 4 heteroatoms. The maximum Gasteiger partial charge on any atom is 0.410 e. The first kappa shape index (κ1) is 9.46. The first-order valence-electron chi connectivity index (χ1n) is 6.36. The molecule has 1 heterocycles. The summed E-state index contributed by atoms with van der Waals surface area (Å²) in [5.41, 5.74) is 4.94. The van der Waals surface area contributed by atoms with Crippen LogP contribution in [0.1, 0.15) is 36.4 Å². The molecule has 0 aromatic carbocycles. The summed E-state index contributed by atoms with van der Waals surface area (Å²) in [5, 5.41) is 0. The summed E-state index contributed by atoms with van der Waals surface area (Å²) in [6.07, 6.45) is 0.847. The van der Waals surface area contributed by atoms with Crippen molar-refractivity contribution in [2.24, 2.45) is 11.7 Å². The number of hydrogen-bond acceptors (Lipinski definition) is 3. The zero-order valence-corrected chi connectivity index (χ0v) is 9.75. The zero-order valence-electron chi connectivity index (χ0n) is 11.7. The van der Waals surface area contributed by atoms with Crippen molar-refractivity contribution < 1.29 is 12.3 Å². The standard InChI is InChI=1S/C11H22N2O2/c1-11(2,3)15-10(14)13-6-4-9(8-12)5-7-13/h9H,4-8,12H2,1-3H3/i8D2. The lowest BCUT2D eigenvalue weighted by atomic mass is 9.97. The Bertz CT molecular complexity index is 276. The summed E-state index contributed by atoms with van der Waals surface area (Å²) in [6.45, 7) is 4.86. The molecule has 1 fully saturated rings. The minimum atomic E-state index is -1.65. The van der Waals surface area contributed by atoms with Gasteiger partial charge in [0.05, 0.1) is 0 Å². The highest BCUT2D eigenvalue weighted by Crippen LogP contribution is 2.18. The van der Waals surface area contributed by atoms with E-state index < -0.39 is 12.1 Å². The van der Waals surface area contributed by atoms with Gasteiger partial charge in [0.2, 0.25) is 0 Å². The number of carbonyl (C=O) groups excluding carboxylic acids is 1. The van der Waals surface area contributed by atoms with Crippen LogP contribution in [0.25, 0.3) is 0 Å². The number of likely N-dealkylation sites (tertiary alicyclic amines) is 1. The Morgan fingerprint density at radius 3 is 2.47 bits per heavy atom. The first-order valence-corrected chi connectivity index (χ1v) is 5.36. The predicted octanol–water partition coefficient (Wildman–Crippen LogP) is 1.59. The number of nitrogens with two attached hydrogens (primary N) is 1. The number of piperidine rings is 1. The maximum atomic E-state index is 11.7. The third-order valence-corrected chi connectivity index (χ3v) is 2.38. The fourth-order valence-corrected chi connectivity index (χ4v) is 1.56. The number of nitrogens with zero attached hydrogens (tertiary/aromatic N) is 1. The molecule has 0 unspecified atom stereocenters. The normalized spacial score (nSPS) is 22.0. The van der Waals surface area contributed by atoms with E-state index in [2.05, 4.69) is 0 Å². The molecule has 0 atom stereocenters. The van der Waals surface area contributed by atoms with E-state index in [0.717, 1.165) is 0 Å². The van der Waals surface area contributed by atoms with Crippen molar-refractivity contribution >= 4 is 6.09 Å². The lowest BCUT2D eigenvalue weighted by molar-refractivity contribution is 0.0187. The van der Waals surface area contributed by atoms with Crippen LogP contribution in [0.3, 0.4) is 0 Å². The summed E-state index contributed by atoms with van der Waals surface area (Å²) in [5.74, 6) is -0.179. The van der Waals surface area contributed by atoms with E-state index in [9.17, 15) is 4.79 Å². The van der Waals surface area contributed by atoms with Crippen molar-refractivity contribution in [1.82, 2.24) is 4.90 Å². The third-order valence-electron chi connectivity index (χ3n) is 2.38. The molecular formula is C11H22N2O2. The first-order chi connectivity index (χ1) is 7.59. The Hall–Kier alpha value is -0.770. The molecule has 0 radical (unpaired) electrons. The highest BCUT2D eigenvalue weighted by Gasteiger charge is 2.25. The van der Waals surface area contributed by atoms with Crippen molar-refractivity contribution in [2.75, 3.05) is 19.6 Å². The second-order valence-corrected chi connectivity index (χ2v) is 4.91. The second kappa shape index (κ2) is 4.84. The van der Waals surface area contributed by atoms with Crippen LogP contribution < -0.4 is 5.73 Å². The average molecular weight is 216 g/mol. The van der Waals surface area contributed by atoms with Gasteiger partial charge in [-0.1, -0.05) is 0 Å². The van der Waals surface area contributed by atoms with Gasteiger partial charge in [-0.2, -0.15) is 0 Å². The van der Waals surface area contributed by atoms with Gasteiger partial charge < -0.3 is 15.4 Å². The van der Waals surface area contributed by atoms with Gasteiger partial charge in [0.15, 0.2) is 0 Å². The van der Waals surface area contributed by atoms with Gasteiger partial charge in [0.1, 0.15) is 5.60 Å². The van der Waals surface area contributed by atoms with Crippen molar-refractivity contribution in [2.45, 2.75) is 39.2 Å². The summed E-state index contributed by atoms with van der Waals surface area (Å²) in [4.78, 5) is 13.4. The molecule has 0 aliphatic carbocycles. The Morgan fingerprint density at radius 2 is 2.07 bits per heavy atom. The van der Waals surface area contributed by atoms with Crippen molar-refractivity contribution in [3.8, 4) is 0 Å². The smallest absolute Gasteiger partial charge is 0.410 e. The molecule has 1 rings (SSSR count). The Balaban J connectivity index is 2.45. The molecule has 0 bridgehead atoms. The fraction of sp³-hybridized carbons (Fsp3) is 0.909. The van der Waals surface area contributed by atoms with Gasteiger partial charge in [0.25, 0.3) is 0 Å². The average Bonchev–Trinajstić information content (AvgIpc) is 2.14. The van der Waals surface area contributed by atoms with Gasteiger partial charge in [-0.3, -0.25) is 0 Å². The molecule has 1 saturated heterocycles. The number of ether oxygens (including phenoxy) is 1. The highest BCUT2D eigenvalue weighted by molar-refractivity contribution is 5.68. The molecule has 88 valence electrons. The zero-order chi connectivity index (χ0) is 13.3. The molecule has 1 amide bonds. The van der Waals surface area contributed by atoms with Gasteiger partial charge in [-0.25, -0.2) is 4.79 Å². The van der Waals surface area contributed by atoms with E-state index in [0.29, 0.717) is 25.9 Å². The second-order valence-electron chi connectivity index (χ2n) is 4.91. The van der Waals surface area contributed by atoms with Crippen LogP contribution in [0.5, 0.6) is 0 Å². The maximum absolute atomic E-state index is 11.7. The summed E-state index contributed by atoms with van der Waals surface area (Å²) >= 11 is 0. The predicted molar refractivity (Wildman–Crippen MR) is 59.6 cm³/mol. The van der Waals surface area contributed by atoms with Crippen molar-refractivity contribution in [3.63, 3.8) is 0 Å². The number of carbonyl (C=O) groups is 1. The SMILES string of the molecule is [2H]C([2H])(N)C1CCN(C(=O)OC(C)(C)C)CC1. The Labute approximate surface area is 94.6 Å². The molecule has 0 saturated carbocycles. The minimum absolute atomic E-state index is 0.179. The largest absolute Gasteiger partial charge is 0.444 e. The number of amides is 1. The van der Waals surface area contributed by atoms with E-state index >= 15 is 0 Å². The molecule has 0 aromatic rings. The van der Waals surface area contributed by atoms with E-state index in [1.807, 2.05) is 20.8 Å². The monoisotopic (exact) mass is 216 g/mol. The van der Waals surface area contributed by atoms with Crippen LogP contribution in [-0.4, -0.2) is 36.2 Å². The summed E-state index contributed by atoms with van der Waals surface area (Å²) in [6, 6.07) is 0. The van der Waals surface area contributed by atoms with Crippen LogP contribution in [0.15, 0.2) is 0 Å². The minimum Gasteiger partial charge on any atom is -0.444 e. The van der Waals surface area contributed by atoms with Crippen LogP contribution in [0.2, 0.25) is 0 Å². The van der Waals surface area contributed by atoms with E-state index in [-0.39, 0.29) is 12.0 Å². The molecule has 2 N–H and O–H groups in total. The lowest BCUT2D eigenvalue weighted by Crippen LogP contribution is -2.42. The topological polar surface area (TPSA) is 55.6 Å². The molecule has 1 aliphatic heterocycles. The Morgan fingerprint density at radius 1 is 1.53 bits per heavy atom. The van der Waals surface area contributed by atoms with E-state index in [1.54, 1.807) is 4.90 Å². The van der Waals surface area contributed by atoms with Gasteiger partial charge in [-0.15, -0.1) is 0 Å². The highest BCUT2D eigenvalue weighted by atomic mass is 16.6. The molecule has 1 aliphatic rings. The molecule has 0 aromatic heterocycles. The van der Waals surface area contributed by atoms with Gasteiger partial charge >= 0.3 is 6.09 Å². The van der Waals surface area contributed by atoms with E-state index in [4.69, 9.17) is 13.2 Å². The van der Waals surface area contributed by atoms with Crippen molar-refractivity contribution in [3.05, 3.63) is 0 Å². The van der Waals surface area contributed by atoms with Crippen LogP contribution in [0.4, 0.5) is 4.79 Å². The number of hydrogen-bond donors (Lipinski definition) is 1. The summed E-state index contributed by atoms with van der Waals surface area (Å²) < 4.78 is 20.2. The van der Waals surface area contributed by atoms with Crippen molar-refractivity contribution in [1.29, 1.82) is 0 Å². The quantitative estimate of drug-likeness (QED) is 0.724. The van der Waals surface area contributed by atoms with Crippen LogP contribution in [0, 0.1) is 5.92 Å². The van der Waals surface area contributed by atoms with Crippen LogP contribution in [-0.2, 0) is 4.74 Å². The fourth-order valence-electron chi connectivity index (χ4n) is 1.56. The third kappa shape index (κ3) is 4.08.